The van der Waals surface area contributed by atoms with Crippen molar-refractivity contribution in [1.29, 1.82) is 0 Å². The van der Waals surface area contributed by atoms with Crippen molar-refractivity contribution in [1.82, 2.24) is 0 Å². The van der Waals surface area contributed by atoms with Crippen molar-refractivity contribution >= 4 is 33.9 Å². The van der Waals surface area contributed by atoms with Crippen LogP contribution in [0.3, 0.4) is 0 Å². The predicted octanol–water partition coefficient (Wildman–Crippen LogP) is 5.24. The van der Waals surface area contributed by atoms with Crippen molar-refractivity contribution in [3.63, 3.8) is 0 Å². The minimum Gasteiger partial charge on any atom is -0.463 e. The highest BCUT2D eigenvalue weighted by atomic mass is 19.4. The van der Waals surface area contributed by atoms with Crippen LogP contribution in [0.1, 0.15) is 12.0 Å². The summed E-state index contributed by atoms with van der Waals surface area (Å²) < 4.78 is 59.0. The summed E-state index contributed by atoms with van der Waals surface area (Å²) in [5, 5.41) is 0.921. The van der Waals surface area contributed by atoms with Crippen LogP contribution in [0, 0.1) is 0 Å². The van der Waals surface area contributed by atoms with Crippen molar-refractivity contribution < 1.29 is 41.4 Å². The van der Waals surface area contributed by atoms with Gasteiger partial charge >= 0.3 is 18.3 Å². The van der Waals surface area contributed by atoms with Gasteiger partial charge in [-0.2, -0.15) is 0 Å². The standard InChI is InChI=1S/C22H17F3O6/c1-3-18(26)28-11-5-6-13-7-9-16-15-10-8-14(29-19(27)4-2)12-17(15)30-21(16)20(13)31-22(23,24)25/h3-4,7-10,12H,1-2,5-6,11H2. The number of alkyl halides is 3. The smallest absolute Gasteiger partial charge is 0.463 e. The Kier molecular flexibility index (Phi) is 6.33. The Hall–Kier alpha value is -3.75. The number of hydrogen-bond donors (Lipinski definition) is 0. The van der Waals surface area contributed by atoms with Crippen LogP contribution in [-0.2, 0) is 20.7 Å². The lowest BCUT2D eigenvalue weighted by atomic mass is 10.0. The van der Waals surface area contributed by atoms with E-state index in [2.05, 4.69) is 17.9 Å². The number of carbonyl (C=O) groups excluding carboxylic acids is 2. The molecule has 6 nitrogen and oxygen atoms in total. The van der Waals surface area contributed by atoms with Gasteiger partial charge in [-0.1, -0.05) is 19.2 Å². The molecule has 0 amide bonds. The lowest BCUT2D eigenvalue weighted by Gasteiger charge is -2.13. The molecule has 0 unspecified atom stereocenters. The lowest BCUT2D eigenvalue weighted by molar-refractivity contribution is -0.274. The van der Waals surface area contributed by atoms with Crippen molar-refractivity contribution in [2.24, 2.45) is 0 Å². The molecule has 0 bridgehead atoms. The summed E-state index contributed by atoms with van der Waals surface area (Å²) in [5.74, 6) is -1.62. The number of ether oxygens (including phenoxy) is 3. The summed E-state index contributed by atoms with van der Waals surface area (Å²) in [6.07, 6.45) is -2.55. The average Bonchev–Trinajstić information content (AvgIpc) is 3.09. The van der Waals surface area contributed by atoms with Gasteiger partial charge in [-0.15, -0.1) is 13.2 Å². The number of furan rings is 1. The summed E-state index contributed by atoms with van der Waals surface area (Å²) in [5.41, 5.74) is 0.352. The quantitative estimate of drug-likeness (QED) is 0.209. The summed E-state index contributed by atoms with van der Waals surface area (Å²) in [4.78, 5) is 22.5. The molecule has 0 saturated heterocycles. The van der Waals surface area contributed by atoms with Gasteiger partial charge in [0.1, 0.15) is 11.3 Å². The maximum atomic E-state index is 13.1. The van der Waals surface area contributed by atoms with Crippen molar-refractivity contribution in [2.45, 2.75) is 19.2 Å². The first kappa shape index (κ1) is 21.9. The van der Waals surface area contributed by atoms with E-state index in [0.29, 0.717) is 10.8 Å². The van der Waals surface area contributed by atoms with Gasteiger partial charge in [0.05, 0.1) is 6.61 Å². The van der Waals surface area contributed by atoms with Crippen molar-refractivity contribution in [3.8, 4) is 11.5 Å². The van der Waals surface area contributed by atoms with E-state index in [0.717, 1.165) is 12.2 Å². The van der Waals surface area contributed by atoms with E-state index >= 15 is 0 Å². The van der Waals surface area contributed by atoms with Crippen LogP contribution < -0.4 is 9.47 Å². The second-order valence-corrected chi connectivity index (χ2v) is 6.34. The second-order valence-electron chi connectivity index (χ2n) is 6.34. The first-order valence-electron chi connectivity index (χ1n) is 9.09. The number of fused-ring (bicyclic) bond motifs is 3. The monoisotopic (exact) mass is 434 g/mol. The first-order valence-corrected chi connectivity index (χ1v) is 9.09. The molecule has 0 atom stereocenters. The Bertz CT molecular complexity index is 1160. The highest BCUT2D eigenvalue weighted by Gasteiger charge is 2.34. The van der Waals surface area contributed by atoms with Crippen molar-refractivity contribution in [3.05, 3.63) is 61.2 Å². The van der Waals surface area contributed by atoms with Gasteiger partial charge in [0.25, 0.3) is 0 Å². The van der Waals surface area contributed by atoms with Gasteiger partial charge in [0.2, 0.25) is 0 Å². The number of halogens is 3. The van der Waals surface area contributed by atoms with Crippen molar-refractivity contribution in [2.75, 3.05) is 6.61 Å². The Labute approximate surface area is 174 Å². The zero-order valence-electron chi connectivity index (χ0n) is 16.2. The molecule has 0 aliphatic heterocycles. The molecule has 31 heavy (non-hydrogen) atoms. The lowest BCUT2D eigenvalue weighted by Crippen LogP contribution is -2.18. The zero-order chi connectivity index (χ0) is 22.6. The minimum atomic E-state index is -4.94. The van der Waals surface area contributed by atoms with Gasteiger partial charge < -0.3 is 18.6 Å². The summed E-state index contributed by atoms with van der Waals surface area (Å²) in [6.45, 7) is 6.58. The second kappa shape index (κ2) is 8.95. The van der Waals surface area contributed by atoms with Crippen LogP contribution in [-0.4, -0.2) is 24.9 Å². The molecular weight excluding hydrogens is 417 g/mol. The number of esters is 2. The zero-order valence-corrected chi connectivity index (χ0v) is 16.2. The fourth-order valence-corrected chi connectivity index (χ4v) is 2.98. The molecule has 0 aliphatic rings. The summed E-state index contributed by atoms with van der Waals surface area (Å²) in [6, 6.07) is 7.57. The molecule has 2 aromatic carbocycles. The SMILES string of the molecule is C=CC(=O)OCCCc1ccc2c(oc3cc(OC(=O)C=C)ccc32)c1OC(F)(F)F. The number of rotatable bonds is 8. The van der Waals surface area contributed by atoms with Gasteiger partial charge in [0.15, 0.2) is 11.3 Å². The highest BCUT2D eigenvalue weighted by Crippen LogP contribution is 2.40. The first-order chi connectivity index (χ1) is 14.7. The summed E-state index contributed by atoms with van der Waals surface area (Å²) in [7, 11) is 0. The van der Waals surface area contributed by atoms with E-state index in [-0.39, 0.29) is 41.9 Å². The van der Waals surface area contributed by atoms with Gasteiger partial charge in [-0.25, -0.2) is 9.59 Å². The molecule has 9 heteroatoms. The average molecular weight is 434 g/mol. The molecule has 162 valence electrons. The van der Waals surface area contributed by atoms with Crippen LogP contribution >= 0.6 is 0 Å². The molecule has 0 radical (unpaired) electrons. The molecule has 0 saturated carbocycles. The van der Waals surface area contributed by atoms with Gasteiger partial charge in [0, 0.05) is 29.0 Å². The van der Waals surface area contributed by atoms with E-state index in [1.807, 2.05) is 0 Å². The minimum absolute atomic E-state index is 0.00646. The Morgan fingerprint density at radius 1 is 1.03 bits per heavy atom. The van der Waals surface area contributed by atoms with E-state index in [9.17, 15) is 22.8 Å². The van der Waals surface area contributed by atoms with E-state index in [1.54, 1.807) is 12.1 Å². The van der Waals surface area contributed by atoms with E-state index in [1.165, 1.54) is 18.2 Å². The molecule has 0 spiro atoms. The van der Waals surface area contributed by atoms with Crippen LogP contribution in [0.5, 0.6) is 11.5 Å². The fraction of sp³-hybridized carbons (Fsp3) is 0.182. The molecule has 1 heterocycles. The highest BCUT2D eigenvalue weighted by molar-refractivity contribution is 6.07. The molecular formula is C22H17F3O6. The Morgan fingerprint density at radius 2 is 1.74 bits per heavy atom. The number of benzene rings is 2. The van der Waals surface area contributed by atoms with E-state index in [4.69, 9.17) is 13.9 Å². The van der Waals surface area contributed by atoms with E-state index < -0.39 is 24.1 Å². The fourth-order valence-electron chi connectivity index (χ4n) is 2.98. The third-order valence-electron chi connectivity index (χ3n) is 4.25. The number of carbonyl (C=O) groups is 2. The Morgan fingerprint density at radius 3 is 2.42 bits per heavy atom. The topological polar surface area (TPSA) is 75.0 Å². The van der Waals surface area contributed by atoms with Crippen LogP contribution in [0.4, 0.5) is 13.2 Å². The third kappa shape index (κ3) is 5.25. The molecule has 3 rings (SSSR count). The predicted molar refractivity (Wildman–Crippen MR) is 106 cm³/mol. The molecule has 1 aromatic heterocycles. The third-order valence-corrected chi connectivity index (χ3v) is 4.25. The van der Waals surface area contributed by atoms with Crippen LogP contribution in [0.25, 0.3) is 21.9 Å². The normalized spacial score (nSPS) is 11.3. The van der Waals surface area contributed by atoms with Gasteiger partial charge in [-0.05, 0) is 36.6 Å². The van der Waals surface area contributed by atoms with Gasteiger partial charge in [-0.3, -0.25) is 0 Å². The number of aryl methyl sites for hydroxylation is 1. The maximum Gasteiger partial charge on any atom is 0.573 e. The molecule has 3 aromatic rings. The molecule has 0 fully saturated rings. The Balaban J connectivity index is 1.99. The van der Waals surface area contributed by atoms with Crippen LogP contribution in [0.15, 0.2) is 60.1 Å². The molecule has 0 N–H and O–H groups in total. The summed E-state index contributed by atoms with van der Waals surface area (Å²) >= 11 is 0. The number of hydrogen-bond acceptors (Lipinski definition) is 6. The van der Waals surface area contributed by atoms with Crippen LogP contribution in [0.2, 0.25) is 0 Å². The maximum absolute atomic E-state index is 13.1. The largest absolute Gasteiger partial charge is 0.573 e. The molecule has 0 aliphatic carbocycles.